The summed E-state index contributed by atoms with van der Waals surface area (Å²) in [5.41, 5.74) is 9.42. The minimum atomic E-state index is -4.75. The molecule has 7 rings (SSSR count). The molecule has 0 N–H and O–H groups in total. The van der Waals surface area contributed by atoms with Gasteiger partial charge < -0.3 is 28.6 Å². The molecule has 3 aromatic rings. The Morgan fingerprint density at radius 1 is 0.894 bits per heavy atom. The summed E-state index contributed by atoms with van der Waals surface area (Å²) in [7, 11) is 1.65. The number of rotatable bonds is 7. The second-order valence-electron chi connectivity index (χ2n) is 13.1. The minimum absolute atomic E-state index is 0.0553. The zero-order chi connectivity index (χ0) is 32.9. The number of ether oxygens (including phenoxy) is 5. The Hall–Kier alpha value is -4.63. The highest BCUT2D eigenvalue weighted by Crippen LogP contribution is 2.48. The van der Waals surface area contributed by atoms with Crippen molar-refractivity contribution in [2.75, 3.05) is 20.4 Å². The highest BCUT2D eigenvalue weighted by molar-refractivity contribution is 5.82. The van der Waals surface area contributed by atoms with Crippen LogP contribution in [0.15, 0.2) is 101 Å². The van der Waals surface area contributed by atoms with E-state index in [0.29, 0.717) is 24.5 Å². The number of alkyl halides is 3. The van der Waals surface area contributed by atoms with E-state index in [-0.39, 0.29) is 18.0 Å². The number of methoxy groups -OCH3 is 1. The van der Waals surface area contributed by atoms with Gasteiger partial charge in [0.05, 0.1) is 19.4 Å². The maximum atomic E-state index is 12.9. The van der Waals surface area contributed by atoms with E-state index >= 15 is 0 Å². The van der Waals surface area contributed by atoms with E-state index in [1.807, 2.05) is 18.2 Å². The summed E-state index contributed by atoms with van der Waals surface area (Å²) in [5.74, 6) is 1.87. The van der Waals surface area contributed by atoms with Gasteiger partial charge >= 0.3 is 6.36 Å². The first-order chi connectivity index (χ1) is 22.5. The normalized spacial score (nSPS) is 18.5. The molecule has 0 saturated carbocycles. The van der Waals surface area contributed by atoms with Crippen molar-refractivity contribution in [2.45, 2.75) is 58.1 Å². The van der Waals surface area contributed by atoms with Crippen LogP contribution in [-0.2, 0) is 34.3 Å². The molecule has 1 unspecified atom stereocenters. The lowest BCUT2D eigenvalue weighted by atomic mass is 9.80. The number of benzene rings is 3. The lowest BCUT2D eigenvalue weighted by Crippen LogP contribution is -2.34. The van der Waals surface area contributed by atoms with Crippen LogP contribution in [0.5, 0.6) is 17.2 Å². The number of allylic oxidation sites excluding steroid dienone is 3. The van der Waals surface area contributed by atoms with E-state index in [1.165, 1.54) is 17.7 Å². The van der Waals surface area contributed by atoms with Crippen LogP contribution >= 0.6 is 0 Å². The van der Waals surface area contributed by atoms with E-state index in [1.54, 1.807) is 19.2 Å². The lowest BCUT2D eigenvalue weighted by molar-refractivity contribution is -0.274. The third kappa shape index (κ3) is 6.24. The quantitative estimate of drug-likeness (QED) is 0.258. The van der Waals surface area contributed by atoms with Crippen LogP contribution in [0.2, 0.25) is 0 Å². The van der Waals surface area contributed by atoms with Crippen molar-refractivity contribution in [1.29, 1.82) is 0 Å². The van der Waals surface area contributed by atoms with Crippen molar-refractivity contribution in [3.8, 4) is 17.2 Å². The fourth-order valence-corrected chi connectivity index (χ4v) is 6.55. The summed E-state index contributed by atoms with van der Waals surface area (Å²) in [6.45, 7) is 7.87. The molecule has 6 nitrogen and oxygen atoms in total. The number of hydrogen-bond donors (Lipinski definition) is 0. The summed E-state index contributed by atoms with van der Waals surface area (Å²) < 4.78 is 66.6. The SMILES string of the molecule is COC1=CC=C2C(=CN3CCc4cc5c(cc4C3=C2Cc2ccc(OC(F)(F)F)cc2)OCO5)C1OCc1ccc(C(C)(C)C)cc1. The predicted molar refractivity (Wildman–Crippen MR) is 172 cm³/mol. The first-order valence-corrected chi connectivity index (χ1v) is 15.6. The van der Waals surface area contributed by atoms with Gasteiger partial charge in [-0.15, -0.1) is 13.2 Å². The Bertz CT molecular complexity index is 1810. The molecule has 0 radical (unpaired) electrons. The van der Waals surface area contributed by atoms with Gasteiger partial charge in [-0.3, -0.25) is 0 Å². The van der Waals surface area contributed by atoms with Gasteiger partial charge in [-0.2, -0.15) is 0 Å². The molecule has 1 atom stereocenters. The first kappa shape index (κ1) is 31.0. The number of nitrogens with zero attached hydrogens (tertiary/aromatic N) is 1. The van der Waals surface area contributed by atoms with Gasteiger partial charge in [0.15, 0.2) is 11.5 Å². The van der Waals surface area contributed by atoms with E-state index in [4.69, 9.17) is 18.9 Å². The van der Waals surface area contributed by atoms with E-state index in [2.05, 4.69) is 66.9 Å². The molecule has 47 heavy (non-hydrogen) atoms. The Labute approximate surface area is 272 Å². The summed E-state index contributed by atoms with van der Waals surface area (Å²) in [6.07, 6.45) is 2.19. The second-order valence-corrected chi connectivity index (χ2v) is 13.1. The third-order valence-corrected chi connectivity index (χ3v) is 8.94. The fraction of sp³-hybridized carbons (Fsp3) is 0.316. The van der Waals surface area contributed by atoms with Gasteiger partial charge in [-0.25, -0.2) is 0 Å². The van der Waals surface area contributed by atoms with Crippen LogP contribution in [0.25, 0.3) is 5.70 Å². The molecule has 3 aromatic carbocycles. The molecule has 0 bridgehead atoms. The summed E-state index contributed by atoms with van der Waals surface area (Å²) in [5, 5.41) is 0. The van der Waals surface area contributed by atoms with Crippen LogP contribution in [-0.4, -0.2) is 37.8 Å². The molecule has 3 heterocycles. The van der Waals surface area contributed by atoms with Crippen molar-refractivity contribution in [3.05, 3.63) is 129 Å². The van der Waals surface area contributed by atoms with Crippen molar-refractivity contribution in [1.82, 2.24) is 4.90 Å². The van der Waals surface area contributed by atoms with Crippen molar-refractivity contribution < 1.29 is 36.9 Å². The summed E-state index contributed by atoms with van der Waals surface area (Å²) in [4.78, 5) is 2.25. The van der Waals surface area contributed by atoms with Crippen LogP contribution in [0.4, 0.5) is 13.2 Å². The average Bonchev–Trinajstić information content (AvgIpc) is 3.49. The molecule has 0 spiro atoms. The Kier molecular flexibility index (Phi) is 7.83. The zero-order valence-corrected chi connectivity index (χ0v) is 26.7. The summed E-state index contributed by atoms with van der Waals surface area (Å²) >= 11 is 0. The Morgan fingerprint density at radius 3 is 2.28 bits per heavy atom. The number of hydrogen-bond acceptors (Lipinski definition) is 6. The van der Waals surface area contributed by atoms with E-state index in [0.717, 1.165) is 63.4 Å². The molecule has 4 aliphatic rings. The molecule has 0 saturated heterocycles. The van der Waals surface area contributed by atoms with Crippen molar-refractivity contribution in [2.24, 2.45) is 0 Å². The topological polar surface area (TPSA) is 49.4 Å². The van der Waals surface area contributed by atoms with Gasteiger partial charge in [0.1, 0.15) is 17.6 Å². The Balaban J connectivity index is 1.26. The van der Waals surface area contributed by atoms with Crippen LogP contribution < -0.4 is 14.2 Å². The zero-order valence-electron chi connectivity index (χ0n) is 26.7. The summed E-state index contributed by atoms with van der Waals surface area (Å²) in [6, 6.07) is 18.6. The third-order valence-electron chi connectivity index (χ3n) is 8.94. The van der Waals surface area contributed by atoms with E-state index in [9.17, 15) is 13.2 Å². The smallest absolute Gasteiger partial charge is 0.498 e. The van der Waals surface area contributed by atoms with Crippen LogP contribution in [0.1, 0.15) is 48.6 Å². The van der Waals surface area contributed by atoms with Crippen molar-refractivity contribution >= 4 is 5.70 Å². The number of fused-ring (bicyclic) bond motifs is 5. The maximum absolute atomic E-state index is 12.9. The highest BCUT2D eigenvalue weighted by atomic mass is 19.4. The molecule has 9 heteroatoms. The molecule has 3 aliphatic heterocycles. The average molecular weight is 644 g/mol. The first-order valence-electron chi connectivity index (χ1n) is 15.6. The standard InChI is InChI=1S/C38H36F3NO5/c1-37(2,3)26-9-5-24(6-10-26)21-44-36-31-20-42-16-15-25-18-33-34(46-22-45-33)19-29(25)35(42)30(28(31)13-14-32(36)43-4)17-23-7-11-27(12-8-23)47-38(39,40)41/h5-14,18-20,36H,15-17,21-22H2,1-4H3. The van der Waals surface area contributed by atoms with Gasteiger partial charge in [0.25, 0.3) is 0 Å². The second kappa shape index (κ2) is 11.9. The van der Waals surface area contributed by atoms with Crippen LogP contribution in [0, 0.1) is 0 Å². The molecular weight excluding hydrogens is 607 g/mol. The maximum Gasteiger partial charge on any atom is 0.573 e. The molecule has 0 amide bonds. The van der Waals surface area contributed by atoms with Crippen molar-refractivity contribution in [3.63, 3.8) is 0 Å². The molecule has 1 aliphatic carbocycles. The monoisotopic (exact) mass is 643 g/mol. The molecule has 244 valence electrons. The van der Waals surface area contributed by atoms with Crippen LogP contribution in [0.3, 0.4) is 0 Å². The van der Waals surface area contributed by atoms with Gasteiger partial charge in [-0.05, 0) is 75.6 Å². The minimum Gasteiger partial charge on any atom is -0.498 e. The van der Waals surface area contributed by atoms with E-state index < -0.39 is 12.5 Å². The lowest BCUT2D eigenvalue weighted by Gasteiger charge is -2.40. The van der Waals surface area contributed by atoms with Gasteiger partial charge in [0, 0.05) is 30.3 Å². The highest BCUT2D eigenvalue weighted by Gasteiger charge is 2.37. The molecular formula is C38H36F3NO5. The largest absolute Gasteiger partial charge is 0.573 e. The molecule has 0 aromatic heterocycles. The molecule has 0 fully saturated rings. The van der Waals surface area contributed by atoms with Gasteiger partial charge in [-0.1, -0.05) is 63.2 Å². The predicted octanol–water partition coefficient (Wildman–Crippen LogP) is 8.38. The number of halogens is 3. The fourth-order valence-electron chi connectivity index (χ4n) is 6.55. The Morgan fingerprint density at radius 2 is 1.60 bits per heavy atom. The van der Waals surface area contributed by atoms with Gasteiger partial charge in [0.2, 0.25) is 6.79 Å².